The smallest absolute Gasteiger partial charge is 0.255 e. The van der Waals surface area contributed by atoms with Crippen LogP contribution in [0.1, 0.15) is 28.8 Å². The third kappa shape index (κ3) is 4.49. The second-order valence-electron chi connectivity index (χ2n) is 7.06. The van der Waals surface area contributed by atoms with Gasteiger partial charge in [-0.15, -0.1) is 0 Å². The average molecular weight is 404 g/mol. The van der Waals surface area contributed by atoms with Crippen molar-refractivity contribution in [3.8, 4) is 5.75 Å². The lowest BCUT2D eigenvalue weighted by Crippen LogP contribution is -2.25. The summed E-state index contributed by atoms with van der Waals surface area (Å²) in [6, 6.07) is 20.2. The fourth-order valence-electron chi connectivity index (χ4n) is 3.39. The van der Waals surface area contributed by atoms with Crippen molar-refractivity contribution >= 4 is 23.2 Å². The van der Waals surface area contributed by atoms with E-state index in [-0.39, 0.29) is 24.2 Å². The number of carbonyl (C=O) groups excluding carboxylic acids is 2. The Kier molecular flexibility index (Phi) is 5.75. The molecule has 0 radical (unpaired) electrons. The predicted molar refractivity (Wildman–Crippen MR) is 113 cm³/mol. The number of ether oxygens (including phenoxy) is 1. The second-order valence-corrected chi connectivity index (χ2v) is 7.06. The monoisotopic (exact) mass is 404 g/mol. The lowest BCUT2D eigenvalue weighted by molar-refractivity contribution is -0.117. The lowest BCUT2D eigenvalue weighted by atomic mass is 10.1. The van der Waals surface area contributed by atoms with Gasteiger partial charge in [-0.3, -0.25) is 9.59 Å². The Morgan fingerprint density at radius 2 is 1.83 bits per heavy atom. The summed E-state index contributed by atoms with van der Waals surface area (Å²) in [7, 11) is 0. The van der Waals surface area contributed by atoms with E-state index < -0.39 is 0 Å². The van der Waals surface area contributed by atoms with E-state index in [1.54, 1.807) is 47.4 Å². The van der Waals surface area contributed by atoms with Gasteiger partial charge in [-0.25, -0.2) is 4.39 Å². The maximum atomic E-state index is 13.0. The van der Waals surface area contributed by atoms with Crippen LogP contribution in [0.2, 0.25) is 0 Å². The second kappa shape index (κ2) is 8.78. The highest BCUT2D eigenvalue weighted by Gasteiger charge is 2.24. The standard InChI is InChI=1S/C24H21FN2O3/c25-19-12-10-17(11-13-19)16-30-20-6-3-5-18(15-20)24(29)26-21-7-1-2-8-22(21)27-14-4-9-23(27)28/h1-3,5-8,10-13,15H,4,9,14,16H2,(H,26,29). The molecule has 2 amide bonds. The fourth-order valence-corrected chi connectivity index (χ4v) is 3.39. The van der Waals surface area contributed by atoms with Crippen molar-refractivity contribution in [1.82, 2.24) is 0 Å². The first-order valence-corrected chi connectivity index (χ1v) is 9.78. The Balaban J connectivity index is 1.46. The Labute approximate surface area is 174 Å². The molecule has 0 unspecified atom stereocenters. The number of nitrogens with one attached hydrogen (secondary N) is 1. The van der Waals surface area contributed by atoms with E-state index in [1.807, 2.05) is 18.2 Å². The van der Waals surface area contributed by atoms with E-state index in [2.05, 4.69) is 5.32 Å². The Morgan fingerprint density at radius 1 is 1.03 bits per heavy atom. The molecule has 30 heavy (non-hydrogen) atoms. The van der Waals surface area contributed by atoms with Gasteiger partial charge in [0.15, 0.2) is 0 Å². The number of rotatable bonds is 6. The quantitative estimate of drug-likeness (QED) is 0.643. The molecule has 1 saturated heterocycles. The van der Waals surface area contributed by atoms with E-state index in [9.17, 15) is 14.0 Å². The highest BCUT2D eigenvalue weighted by molar-refractivity contribution is 6.08. The number of carbonyl (C=O) groups is 2. The summed E-state index contributed by atoms with van der Waals surface area (Å²) in [6.45, 7) is 0.920. The number of para-hydroxylation sites is 2. The summed E-state index contributed by atoms with van der Waals surface area (Å²) in [5.41, 5.74) is 2.57. The minimum absolute atomic E-state index is 0.0629. The summed E-state index contributed by atoms with van der Waals surface area (Å²) < 4.78 is 18.7. The van der Waals surface area contributed by atoms with Crippen LogP contribution in [-0.2, 0) is 11.4 Å². The van der Waals surface area contributed by atoms with E-state index in [0.717, 1.165) is 12.0 Å². The molecule has 4 rings (SSSR count). The van der Waals surface area contributed by atoms with Gasteiger partial charge in [0.1, 0.15) is 18.2 Å². The molecule has 0 aliphatic carbocycles. The normalized spacial score (nSPS) is 13.4. The van der Waals surface area contributed by atoms with Crippen LogP contribution >= 0.6 is 0 Å². The van der Waals surface area contributed by atoms with Gasteiger partial charge in [0.2, 0.25) is 5.91 Å². The van der Waals surface area contributed by atoms with Gasteiger partial charge in [0, 0.05) is 18.5 Å². The summed E-state index contributed by atoms with van der Waals surface area (Å²) in [5.74, 6) is 0.0116. The van der Waals surface area contributed by atoms with Crippen LogP contribution in [0.3, 0.4) is 0 Å². The number of hydrogen-bond acceptors (Lipinski definition) is 3. The van der Waals surface area contributed by atoms with Gasteiger partial charge in [0.25, 0.3) is 5.91 Å². The third-order valence-corrected chi connectivity index (χ3v) is 4.93. The van der Waals surface area contributed by atoms with Gasteiger partial charge < -0.3 is 15.0 Å². The first kappa shape index (κ1) is 19.6. The van der Waals surface area contributed by atoms with Gasteiger partial charge in [-0.1, -0.05) is 30.3 Å². The van der Waals surface area contributed by atoms with E-state index in [4.69, 9.17) is 4.74 Å². The van der Waals surface area contributed by atoms with Crippen LogP contribution in [0.4, 0.5) is 15.8 Å². The Bertz CT molecular complexity index is 1070. The minimum Gasteiger partial charge on any atom is -0.489 e. The lowest BCUT2D eigenvalue weighted by Gasteiger charge is -2.20. The number of amides is 2. The Morgan fingerprint density at radius 3 is 2.60 bits per heavy atom. The van der Waals surface area contributed by atoms with Crippen LogP contribution in [0.15, 0.2) is 72.8 Å². The van der Waals surface area contributed by atoms with Crippen LogP contribution in [0.25, 0.3) is 0 Å². The van der Waals surface area contributed by atoms with E-state index in [1.165, 1.54) is 12.1 Å². The maximum Gasteiger partial charge on any atom is 0.255 e. The highest BCUT2D eigenvalue weighted by atomic mass is 19.1. The molecule has 3 aromatic carbocycles. The van der Waals surface area contributed by atoms with Gasteiger partial charge in [-0.05, 0) is 54.4 Å². The van der Waals surface area contributed by atoms with Crippen molar-refractivity contribution in [2.24, 2.45) is 0 Å². The zero-order chi connectivity index (χ0) is 20.9. The van der Waals surface area contributed by atoms with Crippen molar-refractivity contribution in [3.63, 3.8) is 0 Å². The number of halogens is 1. The van der Waals surface area contributed by atoms with E-state index in [0.29, 0.717) is 35.7 Å². The van der Waals surface area contributed by atoms with Crippen molar-refractivity contribution in [1.29, 1.82) is 0 Å². The molecule has 5 nitrogen and oxygen atoms in total. The van der Waals surface area contributed by atoms with Gasteiger partial charge in [0.05, 0.1) is 11.4 Å². The maximum absolute atomic E-state index is 13.0. The van der Waals surface area contributed by atoms with Crippen molar-refractivity contribution in [2.75, 3.05) is 16.8 Å². The summed E-state index contributed by atoms with van der Waals surface area (Å²) >= 11 is 0. The number of nitrogens with zero attached hydrogens (tertiary/aromatic N) is 1. The van der Waals surface area contributed by atoms with E-state index >= 15 is 0 Å². The molecule has 0 saturated carbocycles. The van der Waals surface area contributed by atoms with Crippen molar-refractivity contribution in [2.45, 2.75) is 19.4 Å². The van der Waals surface area contributed by atoms with Crippen LogP contribution in [0, 0.1) is 5.82 Å². The molecule has 0 aromatic heterocycles. The molecular weight excluding hydrogens is 383 g/mol. The summed E-state index contributed by atoms with van der Waals surface area (Å²) in [4.78, 5) is 26.6. The average Bonchev–Trinajstić information content (AvgIpc) is 3.19. The molecule has 0 atom stereocenters. The number of benzene rings is 3. The molecule has 0 bridgehead atoms. The van der Waals surface area contributed by atoms with Crippen LogP contribution < -0.4 is 15.0 Å². The van der Waals surface area contributed by atoms with Crippen LogP contribution in [-0.4, -0.2) is 18.4 Å². The predicted octanol–water partition coefficient (Wildman–Crippen LogP) is 4.78. The number of anilines is 2. The zero-order valence-electron chi connectivity index (χ0n) is 16.3. The molecule has 3 aromatic rings. The largest absolute Gasteiger partial charge is 0.489 e. The molecule has 1 N–H and O–H groups in total. The first-order valence-electron chi connectivity index (χ1n) is 9.78. The molecule has 0 spiro atoms. The third-order valence-electron chi connectivity index (χ3n) is 4.93. The fraction of sp³-hybridized carbons (Fsp3) is 0.167. The molecule has 1 fully saturated rings. The summed E-state index contributed by atoms with van der Waals surface area (Å²) in [5, 5.41) is 2.90. The Hall–Kier alpha value is -3.67. The highest BCUT2D eigenvalue weighted by Crippen LogP contribution is 2.30. The van der Waals surface area contributed by atoms with Crippen molar-refractivity contribution in [3.05, 3.63) is 89.7 Å². The van der Waals surface area contributed by atoms with Gasteiger partial charge in [-0.2, -0.15) is 0 Å². The van der Waals surface area contributed by atoms with Gasteiger partial charge >= 0.3 is 0 Å². The molecule has 1 heterocycles. The molecule has 1 aliphatic rings. The zero-order valence-corrected chi connectivity index (χ0v) is 16.3. The van der Waals surface area contributed by atoms with Crippen LogP contribution in [0.5, 0.6) is 5.75 Å². The first-order chi connectivity index (χ1) is 14.6. The van der Waals surface area contributed by atoms with Crippen molar-refractivity contribution < 1.29 is 18.7 Å². The molecular formula is C24H21FN2O3. The number of hydrogen-bond donors (Lipinski definition) is 1. The SMILES string of the molecule is O=C(Nc1ccccc1N1CCCC1=O)c1cccc(OCc2ccc(F)cc2)c1. The molecule has 6 heteroatoms. The summed E-state index contributed by atoms with van der Waals surface area (Å²) in [6.07, 6.45) is 1.34. The minimum atomic E-state index is -0.298. The topological polar surface area (TPSA) is 58.6 Å². The molecule has 1 aliphatic heterocycles. The molecule has 152 valence electrons.